The first kappa shape index (κ1) is 21.4. The second-order valence-corrected chi connectivity index (χ2v) is 7.20. The van der Waals surface area contributed by atoms with Crippen LogP contribution in [-0.2, 0) is 14.1 Å². The van der Waals surface area contributed by atoms with Gasteiger partial charge in [0.1, 0.15) is 11.3 Å². The Labute approximate surface area is 174 Å². The monoisotopic (exact) mass is 409 g/mol. The standard InChI is InChI=1S/C22H27N5O3/c1-5-27(6-2)14-18(15-10-8-7-9-11-15)24-20(28)17-13-12-16-19(23-17)25(3)22(30)26(4)21(16)29/h7-13,18H,5-6,14H2,1-4H3,(H,24,28)/t18-/m0/s1. The molecular weight excluding hydrogens is 382 g/mol. The number of nitrogens with one attached hydrogen (secondary N) is 1. The third-order valence-corrected chi connectivity index (χ3v) is 5.38. The molecule has 0 aliphatic heterocycles. The van der Waals surface area contributed by atoms with Crippen molar-refractivity contribution in [2.75, 3.05) is 19.6 Å². The number of aryl methyl sites for hydroxylation is 1. The summed E-state index contributed by atoms with van der Waals surface area (Å²) in [5, 5.41) is 3.35. The van der Waals surface area contributed by atoms with Gasteiger partial charge in [0, 0.05) is 20.6 Å². The highest BCUT2D eigenvalue weighted by Gasteiger charge is 2.20. The summed E-state index contributed by atoms with van der Waals surface area (Å²) >= 11 is 0. The molecule has 0 fully saturated rings. The van der Waals surface area contributed by atoms with Gasteiger partial charge >= 0.3 is 5.69 Å². The lowest BCUT2D eigenvalue weighted by molar-refractivity contribution is 0.0920. The fourth-order valence-corrected chi connectivity index (χ4v) is 3.47. The van der Waals surface area contributed by atoms with E-state index in [1.165, 1.54) is 24.7 Å². The Morgan fingerprint density at radius 1 is 1.03 bits per heavy atom. The Kier molecular flexibility index (Phi) is 6.47. The van der Waals surface area contributed by atoms with Crippen LogP contribution in [0.3, 0.4) is 0 Å². The molecule has 0 radical (unpaired) electrons. The Morgan fingerprint density at radius 3 is 2.33 bits per heavy atom. The van der Waals surface area contributed by atoms with Crippen LogP contribution in [0.5, 0.6) is 0 Å². The van der Waals surface area contributed by atoms with Crippen LogP contribution in [0.15, 0.2) is 52.1 Å². The zero-order valence-corrected chi connectivity index (χ0v) is 17.8. The average molecular weight is 409 g/mol. The Hall–Kier alpha value is -3.26. The van der Waals surface area contributed by atoms with E-state index >= 15 is 0 Å². The minimum atomic E-state index is -0.485. The summed E-state index contributed by atoms with van der Waals surface area (Å²) in [4.78, 5) is 44.1. The van der Waals surface area contributed by atoms with Crippen molar-refractivity contribution in [3.05, 3.63) is 74.6 Å². The zero-order chi connectivity index (χ0) is 21.8. The molecule has 0 aliphatic rings. The number of hydrogen-bond acceptors (Lipinski definition) is 5. The van der Waals surface area contributed by atoms with Crippen molar-refractivity contribution in [3.8, 4) is 0 Å². The molecule has 0 aliphatic carbocycles. The molecule has 0 saturated heterocycles. The summed E-state index contributed by atoms with van der Waals surface area (Å²) in [6, 6.07) is 12.6. The van der Waals surface area contributed by atoms with Crippen molar-refractivity contribution in [1.29, 1.82) is 0 Å². The van der Waals surface area contributed by atoms with Crippen molar-refractivity contribution in [2.45, 2.75) is 19.9 Å². The molecule has 0 unspecified atom stereocenters. The maximum absolute atomic E-state index is 13.0. The van der Waals surface area contributed by atoms with Crippen LogP contribution >= 0.6 is 0 Å². The van der Waals surface area contributed by atoms with Gasteiger partial charge in [-0.25, -0.2) is 9.78 Å². The van der Waals surface area contributed by atoms with Crippen LogP contribution in [0.4, 0.5) is 0 Å². The van der Waals surface area contributed by atoms with E-state index < -0.39 is 11.2 Å². The minimum Gasteiger partial charge on any atom is -0.343 e. The summed E-state index contributed by atoms with van der Waals surface area (Å²) in [7, 11) is 2.95. The molecule has 3 aromatic rings. The predicted molar refractivity (Wildman–Crippen MR) is 117 cm³/mol. The van der Waals surface area contributed by atoms with Gasteiger partial charge in [-0.3, -0.25) is 18.7 Å². The number of amides is 1. The molecule has 8 heteroatoms. The third-order valence-electron chi connectivity index (χ3n) is 5.38. The molecule has 30 heavy (non-hydrogen) atoms. The molecule has 0 spiro atoms. The molecule has 2 heterocycles. The van der Waals surface area contributed by atoms with Gasteiger partial charge in [-0.05, 0) is 30.8 Å². The molecule has 0 saturated carbocycles. The molecule has 8 nitrogen and oxygen atoms in total. The summed E-state index contributed by atoms with van der Waals surface area (Å²) in [6.07, 6.45) is 0. The normalized spacial score (nSPS) is 12.3. The molecule has 1 amide bonds. The van der Waals surface area contributed by atoms with Crippen LogP contribution in [0.1, 0.15) is 35.9 Å². The molecular formula is C22H27N5O3. The zero-order valence-electron chi connectivity index (χ0n) is 17.8. The lowest BCUT2D eigenvalue weighted by Gasteiger charge is -2.26. The average Bonchev–Trinajstić information content (AvgIpc) is 2.79. The van der Waals surface area contributed by atoms with Crippen molar-refractivity contribution in [1.82, 2.24) is 24.3 Å². The van der Waals surface area contributed by atoms with Crippen LogP contribution < -0.4 is 16.6 Å². The molecule has 1 atom stereocenters. The van der Waals surface area contributed by atoms with E-state index in [1.54, 1.807) is 6.07 Å². The molecule has 1 aromatic carbocycles. The van der Waals surface area contributed by atoms with E-state index in [4.69, 9.17) is 0 Å². The van der Waals surface area contributed by atoms with Crippen molar-refractivity contribution < 1.29 is 4.79 Å². The van der Waals surface area contributed by atoms with Gasteiger partial charge in [0.2, 0.25) is 0 Å². The van der Waals surface area contributed by atoms with Gasteiger partial charge < -0.3 is 10.2 Å². The van der Waals surface area contributed by atoms with Gasteiger partial charge in [-0.15, -0.1) is 0 Å². The number of fused-ring (bicyclic) bond motifs is 1. The topological polar surface area (TPSA) is 89.2 Å². The summed E-state index contributed by atoms with van der Waals surface area (Å²) < 4.78 is 2.30. The summed E-state index contributed by atoms with van der Waals surface area (Å²) in [5.41, 5.74) is 0.430. The van der Waals surface area contributed by atoms with E-state index in [1.807, 2.05) is 30.3 Å². The number of hydrogen-bond donors (Lipinski definition) is 1. The second kappa shape index (κ2) is 9.04. The molecule has 1 N–H and O–H groups in total. The van der Waals surface area contributed by atoms with Crippen LogP contribution in [0.25, 0.3) is 11.0 Å². The third kappa shape index (κ3) is 4.18. The summed E-state index contributed by atoms with van der Waals surface area (Å²) in [6.45, 7) is 6.57. The van der Waals surface area contributed by atoms with Crippen LogP contribution in [-0.4, -0.2) is 44.6 Å². The van der Waals surface area contributed by atoms with Gasteiger partial charge in [-0.1, -0.05) is 44.2 Å². The van der Waals surface area contributed by atoms with E-state index in [0.717, 1.165) is 23.2 Å². The predicted octanol–water partition coefficient (Wildman–Crippen LogP) is 1.45. The first-order valence-electron chi connectivity index (χ1n) is 10.0. The van der Waals surface area contributed by atoms with Crippen molar-refractivity contribution >= 4 is 16.9 Å². The number of carbonyl (C=O) groups excluding carboxylic acids is 1. The summed E-state index contributed by atoms with van der Waals surface area (Å²) in [5.74, 6) is -0.356. The Morgan fingerprint density at radius 2 is 1.70 bits per heavy atom. The highest BCUT2D eigenvalue weighted by atomic mass is 16.2. The number of rotatable bonds is 7. The minimum absolute atomic E-state index is 0.159. The molecule has 2 aromatic heterocycles. The van der Waals surface area contributed by atoms with Gasteiger partial charge in [-0.2, -0.15) is 0 Å². The van der Waals surface area contributed by atoms with Crippen LogP contribution in [0, 0.1) is 0 Å². The lowest BCUT2D eigenvalue weighted by atomic mass is 10.1. The highest BCUT2D eigenvalue weighted by molar-refractivity contribution is 5.94. The van der Waals surface area contributed by atoms with E-state index in [2.05, 4.69) is 29.0 Å². The Bertz CT molecular complexity index is 1160. The number of likely N-dealkylation sites (N-methyl/N-ethyl adjacent to an activating group) is 1. The van der Waals surface area contributed by atoms with E-state index in [-0.39, 0.29) is 23.3 Å². The van der Waals surface area contributed by atoms with Crippen molar-refractivity contribution in [2.24, 2.45) is 14.1 Å². The highest BCUT2D eigenvalue weighted by Crippen LogP contribution is 2.16. The first-order valence-corrected chi connectivity index (χ1v) is 10.0. The fourth-order valence-electron chi connectivity index (χ4n) is 3.47. The van der Waals surface area contributed by atoms with Crippen LogP contribution in [0.2, 0.25) is 0 Å². The maximum atomic E-state index is 13.0. The van der Waals surface area contributed by atoms with E-state index in [0.29, 0.717) is 11.9 Å². The quantitative estimate of drug-likeness (QED) is 0.638. The maximum Gasteiger partial charge on any atom is 0.332 e. The second-order valence-electron chi connectivity index (χ2n) is 7.20. The van der Waals surface area contributed by atoms with Crippen molar-refractivity contribution in [3.63, 3.8) is 0 Å². The van der Waals surface area contributed by atoms with Gasteiger partial charge in [0.15, 0.2) is 0 Å². The SMILES string of the molecule is CCN(CC)C[C@H](NC(=O)c1ccc2c(=O)n(C)c(=O)n(C)c2n1)c1ccccc1. The largest absolute Gasteiger partial charge is 0.343 e. The number of carbonyl (C=O) groups is 1. The van der Waals surface area contributed by atoms with Gasteiger partial charge in [0.25, 0.3) is 11.5 Å². The molecule has 158 valence electrons. The first-order chi connectivity index (χ1) is 14.4. The smallest absolute Gasteiger partial charge is 0.332 e. The lowest BCUT2D eigenvalue weighted by Crippen LogP contribution is -2.39. The number of aromatic nitrogens is 3. The van der Waals surface area contributed by atoms with Gasteiger partial charge in [0.05, 0.1) is 11.4 Å². The number of pyridine rings is 1. The fraction of sp³-hybridized carbons (Fsp3) is 0.364. The molecule has 0 bridgehead atoms. The van der Waals surface area contributed by atoms with E-state index in [9.17, 15) is 14.4 Å². The number of benzene rings is 1. The number of nitrogens with zero attached hydrogens (tertiary/aromatic N) is 4. The Balaban J connectivity index is 1.96. The molecule has 3 rings (SSSR count).